The third-order valence-electron chi connectivity index (χ3n) is 5.25. The van der Waals surface area contributed by atoms with Crippen molar-refractivity contribution in [3.63, 3.8) is 0 Å². The summed E-state index contributed by atoms with van der Waals surface area (Å²) >= 11 is 3.87. The maximum Gasteiger partial charge on any atom is 0.411 e. The molecule has 5 nitrogen and oxygen atoms in total. The molecule has 2 fully saturated rings. The smallest absolute Gasteiger partial charge is 0.411 e. The molecule has 5 unspecified atom stereocenters. The van der Waals surface area contributed by atoms with Crippen LogP contribution >= 0.6 is 15.9 Å². The molecule has 2 aliphatic rings. The van der Waals surface area contributed by atoms with Gasteiger partial charge in [-0.25, -0.2) is 4.79 Å². The Morgan fingerprint density at radius 1 is 1.31 bits per heavy atom. The van der Waals surface area contributed by atoms with Gasteiger partial charge in [0.2, 0.25) is 0 Å². The van der Waals surface area contributed by atoms with Crippen LogP contribution in [0.1, 0.15) is 45.6 Å². The molecule has 1 aromatic rings. The van der Waals surface area contributed by atoms with Crippen LogP contribution in [0.25, 0.3) is 0 Å². The van der Waals surface area contributed by atoms with E-state index in [9.17, 15) is 9.59 Å². The highest BCUT2D eigenvalue weighted by atomic mass is 79.9. The monoisotopic (exact) mass is 423 g/mol. The highest BCUT2D eigenvalue weighted by molar-refractivity contribution is 9.10. The van der Waals surface area contributed by atoms with Crippen molar-refractivity contribution in [3.8, 4) is 0 Å². The van der Waals surface area contributed by atoms with Crippen LogP contribution in [0.4, 0.5) is 4.79 Å². The van der Waals surface area contributed by atoms with Crippen molar-refractivity contribution in [2.75, 3.05) is 7.11 Å². The van der Waals surface area contributed by atoms with E-state index >= 15 is 0 Å². The van der Waals surface area contributed by atoms with Crippen LogP contribution < -0.4 is 0 Å². The van der Waals surface area contributed by atoms with E-state index in [-0.39, 0.29) is 35.5 Å². The van der Waals surface area contributed by atoms with Gasteiger partial charge in [-0.2, -0.15) is 0 Å². The summed E-state index contributed by atoms with van der Waals surface area (Å²) in [6.07, 6.45) is -0.533. The van der Waals surface area contributed by atoms with Gasteiger partial charge in [0.15, 0.2) is 0 Å². The van der Waals surface area contributed by atoms with E-state index in [1.807, 2.05) is 51.1 Å². The molecule has 1 aromatic carbocycles. The molecule has 1 aliphatic carbocycles. The van der Waals surface area contributed by atoms with Crippen LogP contribution in [0.2, 0.25) is 0 Å². The molecule has 0 radical (unpaired) electrons. The number of hydrogen-bond donors (Lipinski definition) is 0. The van der Waals surface area contributed by atoms with Crippen LogP contribution in [-0.4, -0.2) is 46.6 Å². The lowest BCUT2D eigenvalue weighted by Gasteiger charge is -2.38. The third kappa shape index (κ3) is 3.07. The quantitative estimate of drug-likeness (QED) is 0.683. The summed E-state index contributed by atoms with van der Waals surface area (Å²) in [5.74, 6) is 0.0314. The summed E-state index contributed by atoms with van der Waals surface area (Å²) in [6, 6.07) is 9.77. The molecule has 5 atom stereocenters. The first-order valence-corrected chi connectivity index (χ1v) is 9.66. The zero-order valence-corrected chi connectivity index (χ0v) is 17.4. The predicted molar refractivity (Wildman–Crippen MR) is 102 cm³/mol. The Morgan fingerprint density at radius 3 is 2.42 bits per heavy atom. The number of halogens is 1. The number of Topliss-reactive ketones (excluding diaryl/α,β-unsaturated/α-hetero) is 1. The average Bonchev–Trinajstić information content (AvgIpc) is 2.95. The van der Waals surface area contributed by atoms with Gasteiger partial charge in [-0.1, -0.05) is 67.0 Å². The molecule has 0 bridgehead atoms. The Labute approximate surface area is 163 Å². The van der Waals surface area contributed by atoms with Crippen LogP contribution in [0.15, 0.2) is 30.3 Å². The minimum atomic E-state index is -0.490. The number of hydrogen-bond acceptors (Lipinski definition) is 4. The van der Waals surface area contributed by atoms with E-state index in [0.29, 0.717) is 6.42 Å². The summed E-state index contributed by atoms with van der Waals surface area (Å²) < 4.78 is 10.8. The zero-order chi connectivity index (χ0) is 19.3. The fourth-order valence-electron chi connectivity index (χ4n) is 4.06. The summed E-state index contributed by atoms with van der Waals surface area (Å²) in [5, 5.41) is 0. The number of ketones is 1. The van der Waals surface area contributed by atoms with Crippen molar-refractivity contribution < 1.29 is 19.1 Å². The molecular formula is C20H26BrNO4. The van der Waals surface area contributed by atoms with Crippen LogP contribution in [0, 0.1) is 5.41 Å². The van der Waals surface area contributed by atoms with Crippen molar-refractivity contribution in [1.29, 1.82) is 0 Å². The maximum atomic E-state index is 12.5. The lowest BCUT2D eigenvalue weighted by atomic mass is 9.87. The zero-order valence-electron chi connectivity index (χ0n) is 15.9. The lowest BCUT2D eigenvalue weighted by Crippen LogP contribution is -2.50. The number of amides is 1. The molecule has 1 heterocycles. The van der Waals surface area contributed by atoms with E-state index in [0.717, 1.165) is 5.56 Å². The first-order valence-electron chi connectivity index (χ1n) is 8.87. The second-order valence-electron chi connectivity index (χ2n) is 8.29. The molecule has 26 heavy (non-hydrogen) atoms. The highest BCUT2D eigenvalue weighted by Gasteiger charge is 2.77. The van der Waals surface area contributed by atoms with Crippen molar-refractivity contribution in [2.24, 2.45) is 5.41 Å². The molecule has 6 heteroatoms. The Balaban J connectivity index is 1.96. The maximum absolute atomic E-state index is 12.5. The van der Waals surface area contributed by atoms with Crippen molar-refractivity contribution in [3.05, 3.63) is 35.9 Å². The third-order valence-corrected chi connectivity index (χ3v) is 6.72. The van der Waals surface area contributed by atoms with Gasteiger partial charge in [0.25, 0.3) is 0 Å². The van der Waals surface area contributed by atoms with Gasteiger partial charge in [-0.05, 0) is 12.5 Å². The van der Waals surface area contributed by atoms with Gasteiger partial charge in [-0.3, -0.25) is 4.90 Å². The van der Waals surface area contributed by atoms with E-state index in [2.05, 4.69) is 15.9 Å². The number of methoxy groups -OCH3 is 1. The summed E-state index contributed by atoms with van der Waals surface area (Å²) in [4.78, 5) is 26.2. The number of benzene rings is 1. The van der Waals surface area contributed by atoms with Gasteiger partial charge in [0.05, 0.1) is 17.5 Å². The Kier molecular flexibility index (Phi) is 4.95. The number of nitrogens with zero attached hydrogens (tertiary/aromatic N) is 1. The number of carbonyl (C=O) groups is 2. The molecule has 1 aliphatic heterocycles. The number of rotatable bonds is 4. The van der Waals surface area contributed by atoms with Crippen LogP contribution in [0.5, 0.6) is 0 Å². The number of alkyl halides is 1. The first kappa shape index (κ1) is 19.4. The van der Waals surface area contributed by atoms with Gasteiger partial charge < -0.3 is 14.3 Å². The fraction of sp³-hybridized carbons (Fsp3) is 0.600. The Bertz CT molecular complexity index is 702. The van der Waals surface area contributed by atoms with Gasteiger partial charge in [0, 0.05) is 17.8 Å². The number of carbonyl (C=O) groups excluding carboxylic acids is 2. The molecule has 0 spiro atoms. The van der Waals surface area contributed by atoms with E-state index < -0.39 is 10.4 Å². The molecule has 1 saturated carbocycles. The largest absolute Gasteiger partial charge is 0.453 e. The first-order chi connectivity index (χ1) is 12.1. The number of fused-ring (bicyclic) bond motifs is 1. The average molecular weight is 424 g/mol. The highest BCUT2D eigenvalue weighted by Crippen LogP contribution is 2.65. The minimum Gasteiger partial charge on any atom is -0.453 e. The van der Waals surface area contributed by atoms with Crippen molar-refractivity contribution >= 4 is 27.8 Å². The minimum absolute atomic E-state index is 0.0794. The van der Waals surface area contributed by atoms with E-state index in [4.69, 9.17) is 9.47 Å². The normalized spacial score (nSPS) is 31.3. The van der Waals surface area contributed by atoms with Gasteiger partial charge in [-0.15, -0.1) is 0 Å². The summed E-state index contributed by atoms with van der Waals surface area (Å²) in [7, 11) is 1.39. The standard InChI is InChI=1S/C20H26BrNO4/c1-12(23)11-14(13-9-7-6-8-10-13)20(21)15-16(20)26-17(19(2,3)4)22(15)18(24)25-5/h6-10,14-17H,11H2,1-5H3. The molecule has 1 amide bonds. The Hall–Kier alpha value is -1.40. The van der Waals surface area contributed by atoms with Crippen molar-refractivity contribution in [2.45, 2.75) is 62.7 Å². The molecule has 0 N–H and O–H groups in total. The van der Waals surface area contributed by atoms with Crippen LogP contribution in [-0.2, 0) is 14.3 Å². The van der Waals surface area contributed by atoms with E-state index in [1.54, 1.807) is 11.8 Å². The second kappa shape index (κ2) is 6.64. The Morgan fingerprint density at radius 2 is 1.92 bits per heavy atom. The summed E-state index contributed by atoms with van der Waals surface area (Å²) in [5.41, 5.74) is 0.827. The van der Waals surface area contributed by atoms with E-state index in [1.165, 1.54) is 7.11 Å². The molecule has 142 valence electrons. The summed E-state index contributed by atoms with van der Waals surface area (Å²) in [6.45, 7) is 7.72. The number of ether oxygens (including phenoxy) is 2. The fourth-order valence-corrected chi connectivity index (χ4v) is 5.17. The lowest BCUT2D eigenvalue weighted by molar-refractivity contribution is -0.117. The molecule has 0 aromatic heterocycles. The second-order valence-corrected chi connectivity index (χ2v) is 9.67. The van der Waals surface area contributed by atoms with Gasteiger partial charge >= 0.3 is 6.09 Å². The van der Waals surface area contributed by atoms with Gasteiger partial charge in [0.1, 0.15) is 18.1 Å². The van der Waals surface area contributed by atoms with Crippen LogP contribution in [0.3, 0.4) is 0 Å². The SMILES string of the molecule is COC(=O)N1C(C(C)(C)C)OC2C1C2(Br)C(CC(C)=O)c1ccccc1. The predicted octanol–water partition coefficient (Wildman–Crippen LogP) is 4.10. The molecule has 1 saturated heterocycles. The topological polar surface area (TPSA) is 55.8 Å². The molecule has 3 rings (SSSR count). The van der Waals surface area contributed by atoms with Crippen molar-refractivity contribution in [1.82, 2.24) is 4.90 Å². The molecular weight excluding hydrogens is 398 g/mol.